The number of halogens is 3. The Morgan fingerprint density at radius 2 is 1.63 bits per heavy atom. The van der Waals surface area contributed by atoms with Gasteiger partial charge in [-0.25, -0.2) is 13.2 Å². The fraction of sp³-hybridized carbons (Fsp3) is 0.484. The van der Waals surface area contributed by atoms with E-state index in [0.29, 0.717) is 22.6 Å². The normalized spacial score (nSPS) is 28.8. The largest absolute Gasteiger partial charge is 0.372 e. The van der Waals surface area contributed by atoms with Gasteiger partial charge in [0.1, 0.15) is 0 Å². The zero-order chi connectivity index (χ0) is 24.4. The van der Waals surface area contributed by atoms with Crippen molar-refractivity contribution in [2.45, 2.75) is 70.3 Å². The molecule has 0 spiro atoms. The van der Waals surface area contributed by atoms with Crippen LogP contribution in [-0.4, -0.2) is 12.7 Å². The zero-order valence-corrected chi connectivity index (χ0v) is 20.5. The van der Waals surface area contributed by atoms with Gasteiger partial charge in [-0.2, -0.15) is 0 Å². The fourth-order valence-corrected chi connectivity index (χ4v) is 6.02. The first-order valence-electron chi connectivity index (χ1n) is 13.2. The van der Waals surface area contributed by atoms with E-state index in [1.165, 1.54) is 0 Å². The molecule has 1 nitrogen and oxygen atoms in total. The van der Waals surface area contributed by atoms with E-state index in [9.17, 15) is 4.39 Å². The van der Waals surface area contributed by atoms with Crippen molar-refractivity contribution >= 4 is 0 Å². The van der Waals surface area contributed by atoms with Crippen LogP contribution in [0.5, 0.6) is 0 Å². The van der Waals surface area contributed by atoms with Crippen LogP contribution < -0.4 is 0 Å². The number of aryl methyl sites for hydroxylation is 1. The van der Waals surface area contributed by atoms with Gasteiger partial charge in [-0.1, -0.05) is 48.6 Å². The molecule has 186 valence electrons. The van der Waals surface area contributed by atoms with Gasteiger partial charge in [0.15, 0.2) is 11.6 Å². The summed E-state index contributed by atoms with van der Waals surface area (Å²) < 4.78 is 50.0. The molecule has 1 heterocycles. The maximum absolute atomic E-state index is 15.1. The first-order valence-corrected chi connectivity index (χ1v) is 13.2. The lowest BCUT2D eigenvalue weighted by Gasteiger charge is -2.27. The lowest BCUT2D eigenvalue weighted by Crippen LogP contribution is -2.16. The number of epoxide rings is 1. The van der Waals surface area contributed by atoms with Crippen LogP contribution in [0.4, 0.5) is 13.2 Å². The number of hydrogen-bond donors (Lipinski definition) is 0. The topological polar surface area (TPSA) is 12.5 Å². The average molecular weight is 481 g/mol. The average Bonchev–Trinajstić information content (AvgIpc) is 3.72. The Labute approximate surface area is 207 Å². The smallest absolute Gasteiger partial charge is 0.166 e. The van der Waals surface area contributed by atoms with Crippen LogP contribution in [-0.2, 0) is 11.2 Å². The van der Waals surface area contributed by atoms with E-state index in [4.69, 9.17) is 4.74 Å². The van der Waals surface area contributed by atoms with E-state index < -0.39 is 11.6 Å². The van der Waals surface area contributed by atoms with Crippen molar-refractivity contribution in [3.05, 3.63) is 83.2 Å². The molecule has 3 atom stereocenters. The van der Waals surface area contributed by atoms with Crippen molar-refractivity contribution in [2.24, 2.45) is 17.8 Å². The lowest BCUT2D eigenvalue weighted by atomic mass is 9.78. The second-order valence-electron chi connectivity index (χ2n) is 10.6. The van der Waals surface area contributed by atoms with E-state index >= 15 is 8.78 Å². The molecule has 1 saturated heterocycles. The SMILES string of the molecule is C/C=C/C1CCC(c2ccc(-c3ccc(CCC4CCC(C5CO5)C=C4F)cc3)c(F)c2F)CC1. The predicted octanol–water partition coefficient (Wildman–Crippen LogP) is 8.69. The standard InChI is InChI=1S/C31H35F3O/c1-2-3-20-4-9-22(10-5-20)26-16-17-27(31(34)30(26)33)23-11-6-21(7-12-23)8-13-24-14-15-25(18-28(24)32)29-19-35-29/h2-3,6-7,11-12,16-18,20,22,24-25,29H,4-5,8-10,13-15,19H2,1H3/b3-2+. The Bertz CT molecular complexity index is 1080. The molecular formula is C31H35F3O. The minimum atomic E-state index is -0.755. The number of ether oxygens (including phenoxy) is 1. The van der Waals surface area contributed by atoms with Crippen molar-refractivity contribution in [2.75, 3.05) is 6.61 Å². The summed E-state index contributed by atoms with van der Waals surface area (Å²) in [4.78, 5) is 0. The molecule has 0 radical (unpaired) electrons. The zero-order valence-electron chi connectivity index (χ0n) is 20.5. The third-order valence-electron chi connectivity index (χ3n) is 8.28. The quantitative estimate of drug-likeness (QED) is 0.285. The van der Waals surface area contributed by atoms with Gasteiger partial charge in [0, 0.05) is 17.4 Å². The number of allylic oxidation sites excluding steroid dienone is 3. The van der Waals surface area contributed by atoms with Crippen LogP contribution >= 0.6 is 0 Å². The van der Waals surface area contributed by atoms with E-state index in [1.54, 1.807) is 18.2 Å². The Balaban J connectivity index is 1.21. The highest BCUT2D eigenvalue weighted by Crippen LogP contribution is 2.40. The summed E-state index contributed by atoms with van der Waals surface area (Å²) >= 11 is 0. The lowest BCUT2D eigenvalue weighted by molar-refractivity contribution is 0.295. The molecule has 35 heavy (non-hydrogen) atoms. The van der Waals surface area contributed by atoms with Gasteiger partial charge in [0.05, 0.1) is 18.5 Å². The maximum atomic E-state index is 15.1. The summed E-state index contributed by atoms with van der Waals surface area (Å²) in [5.41, 5.74) is 2.57. The van der Waals surface area contributed by atoms with Crippen molar-refractivity contribution in [3.63, 3.8) is 0 Å². The minimum Gasteiger partial charge on any atom is -0.372 e. The summed E-state index contributed by atoms with van der Waals surface area (Å²) in [5, 5.41) is 0. The van der Waals surface area contributed by atoms with Crippen LogP contribution in [0, 0.1) is 29.4 Å². The molecule has 3 aliphatic rings. The van der Waals surface area contributed by atoms with Gasteiger partial charge in [0.25, 0.3) is 0 Å². The van der Waals surface area contributed by atoms with Gasteiger partial charge < -0.3 is 4.74 Å². The molecule has 4 heteroatoms. The monoisotopic (exact) mass is 480 g/mol. The summed E-state index contributed by atoms with van der Waals surface area (Å²) in [6.07, 6.45) is 13.5. The minimum absolute atomic E-state index is 0.00122. The Morgan fingerprint density at radius 1 is 0.886 bits per heavy atom. The summed E-state index contributed by atoms with van der Waals surface area (Å²) in [7, 11) is 0. The third-order valence-corrected chi connectivity index (χ3v) is 8.28. The Kier molecular flexibility index (Phi) is 7.48. The van der Waals surface area contributed by atoms with Crippen molar-refractivity contribution in [1.82, 2.24) is 0 Å². The Morgan fingerprint density at radius 3 is 2.29 bits per heavy atom. The highest BCUT2D eigenvalue weighted by Gasteiger charge is 2.35. The van der Waals surface area contributed by atoms with Crippen LogP contribution in [0.15, 0.2) is 60.5 Å². The van der Waals surface area contributed by atoms with E-state index in [-0.39, 0.29) is 29.7 Å². The molecule has 1 saturated carbocycles. The highest BCUT2D eigenvalue weighted by atomic mass is 19.2. The number of rotatable bonds is 7. The van der Waals surface area contributed by atoms with Gasteiger partial charge in [0.2, 0.25) is 0 Å². The molecule has 5 rings (SSSR count). The molecule has 2 aromatic rings. The van der Waals surface area contributed by atoms with Crippen LogP contribution in [0.1, 0.15) is 68.9 Å². The molecule has 2 fully saturated rings. The number of benzene rings is 2. The second-order valence-corrected chi connectivity index (χ2v) is 10.6. The molecule has 3 unspecified atom stereocenters. The summed E-state index contributed by atoms with van der Waals surface area (Å²) in [6.45, 7) is 2.79. The first kappa shape index (κ1) is 24.4. The maximum Gasteiger partial charge on any atom is 0.166 e. The Hall–Kier alpha value is -2.33. The van der Waals surface area contributed by atoms with Crippen molar-refractivity contribution < 1.29 is 17.9 Å². The summed E-state index contributed by atoms with van der Waals surface area (Å²) in [6, 6.07) is 11.1. The van der Waals surface area contributed by atoms with Crippen LogP contribution in [0.25, 0.3) is 11.1 Å². The molecule has 0 amide bonds. The third kappa shape index (κ3) is 5.58. The molecule has 0 aromatic heterocycles. The molecule has 2 aromatic carbocycles. The van der Waals surface area contributed by atoms with E-state index in [1.807, 2.05) is 31.2 Å². The van der Waals surface area contributed by atoms with Gasteiger partial charge in [-0.15, -0.1) is 0 Å². The van der Waals surface area contributed by atoms with Crippen molar-refractivity contribution in [3.8, 4) is 11.1 Å². The second kappa shape index (κ2) is 10.7. The molecular weight excluding hydrogens is 445 g/mol. The molecule has 2 aliphatic carbocycles. The van der Waals surface area contributed by atoms with Gasteiger partial charge in [-0.05, 0) is 92.9 Å². The molecule has 1 aliphatic heterocycles. The van der Waals surface area contributed by atoms with Crippen molar-refractivity contribution in [1.29, 1.82) is 0 Å². The van der Waals surface area contributed by atoms with Gasteiger partial charge >= 0.3 is 0 Å². The predicted molar refractivity (Wildman–Crippen MR) is 135 cm³/mol. The first-order chi connectivity index (χ1) is 17.0. The van der Waals surface area contributed by atoms with E-state index in [0.717, 1.165) is 63.5 Å². The molecule has 0 bridgehead atoms. The highest BCUT2D eigenvalue weighted by molar-refractivity contribution is 5.65. The van der Waals surface area contributed by atoms with Gasteiger partial charge in [-0.3, -0.25) is 0 Å². The van der Waals surface area contributed by atoms with E-state index in [2.05, 4.69) is 12.2 Å². The summed E-state index contributed by atoms with van der Waals surface area (Å²) in [5.74, 6) is -0.603. The van der Waals surface area contributed by atoms with Crippen LogP contribution in [0.2, 0.25) is 0 Å². The number of hydrogen-bond acceptors (Lipinski definition) is 1. The fourth-order valence-electron chi connectivity index (χ4n) is 6.02. The molecule has 0 N–H and O–H groups in total. The van der Waals surface area contributed by atoms with Crippen LogP contribution in [0.3, 0.4) is 0 Å².